The number of aliphatic carboxylic acids is 1. The van der Waals surface area contributed by atoms with Gasteiger partial charge >= 0.3 is 17.9 Å². The molecule has 0 aromatic rings. The molecule has 1 rings (SSSR count). The number of ether oxygens (including phenoxy) is 1. The molecular formula is C24H32O7. The molecule has 0 aromatic heterocycles. The van der Waals surface area contributed by atoms with Crippen molar-refractivity contribution in [3.8, 4) is 0 Å². The number of aliphatic hydroxyl groups excluding tert-OH is 2. The first-order valence-electron chi connectivity index (χ1n) is 10.1. The third kappa shape index (κ3) is 8.47. The van der Waals surface area contributed by atoms with E-state index in [2.05, 4.69) is 37.7 Å². The Morgan fingerprint density at radius 2 is 1.71 bits per heavy atom. The number of carboxylic acid groups (broad SMARTS) is 1. The zero-order chi connectivity index (χ0) is 23.8. The summed E-state index contributed by atoms with van der Waals surface area (Å²) >= 11 is 0. The minimum atomic E-state index is -2.37. The predicted molar refractivity (Wildman–Crippen MR) is 117 cm³/mol. The number of hydrogen-bond donors (Lipinski definition) is 3. The minimum Gasteiger partial charge on any atom is -0.479 e. The molecule has 0 aromatic carbocycles. The number of esters is 2. The molecule has 0 radical (unpaired) electrons. The Morgan fingerprint density at radius 3 is 2.29 bits per heavy atom. The quantitative estimate of drug-likeness (QED) is 0.233. The lowest BCUT2D eigenvalue weighted by Crippen LogP contribution is -2.41. The number of aliphatic hydroxyl groups is 2. The Balaban J connectivity index is 2.71. The Labute approximate surface area is 183 Å². The zero-order valence-corrected chi connectivity index (χ0v) is 18.7. The van der Waals surface area contributed by atoms with Crippen molar-refractivity contribution < 1.29 is 34.4 Å². The van der Waals surface area contributed by atoms with Crippen LogP contribution < -0.4 is 0 Å². The lowest BCUT2D eigenvalue weighted by Gasteiger charge is -2.32. The molecule has 0 bridgehead atoms. The van der Waals surface area contributed by atoms with E-state index in [9.17, 15) is 19.5 Å². The van der Waals surface area contributed by atoms with Crippen molar-refractivity contribution in [2.24, 2.45) is 5.41 Å². The summed E-state index contributed by atoms with van der Waals surface area (Å²) in [5.74, 6) is -4.42. The number of carboxylic acids is 1. The third-order valence-corrected chi connectivity index (χ3v) is 5.11. The van der Waals surface area contributed by atoms with Crippen molar-refractivity contribution in [3.63, 3.8) is 0 Å². The van der Waals surface area contributed by atoms with Gasteiger partial charge in [-0.2, -0.15) is 0 Å². The summed E-state index contributed by atoms with van der Waals surface area (Å²) in [4.78, 5) is 33.7. The van der Waals surface area contributed by atoms with Crippen molar-refractivity contribution in [1.29, 1.82) is 0 Å². The van der Waals surface area contributed by atoms with Crippen molar-refractivity contribution >= 4 is 17.9 Å². The maximum Gasteiger partial charge on any atom is 0.346 e. The van der Waals surface area contributed by atoms with Crippen molar-refractivity contribution in [3.05, 3.63) is 58.7 Å². The minimum absolute atomic E-state index is 0.167. The Hall–Kier alpha value is -2.77. The molecule has 1 aliphatic carbocycles. The SMILES string of the molecule is CC1=C(/C=C/C(C)=C/C=C/C(C)=C/C(=O)OC(=O)C(O)C(O)C(=O)O)C(C)(C)CCC1. The Bertz CT molecular complexity index is 853. The van der Waals surface area contributed by atoms with Gasteiger partial charge in [0.2, 0.25) is 0 Å². The fourth-order valence-electron chi connectivity index (χ4n) is 3.32. The van der Waals surface area contributed by atoms with Crippen molar-refractivity contribution in [1.82, 2.24) is 0 Å². The van der Waals surface area contributed by atoms with Crippen LogP contribution in [0.2, 0.25) is 0 Å². The molecule has 0 spiro atoms. The van der Waals surface area contributed by atoms with E-state index < -0.39 is 30.1 Å². The molecule has 31 heavy (non-hydrogen) atoms. The van der Waals surface area contributed by atoms with E-state index >= 15 is 0 Å². The zero-order valence-electron chi connectivity index (χ0n) is 18.7. The highest BCUT2D eigenvalue weighted by Gasteiger charge is 2.32. The summed E-state index contributed by atoms with van der Waals surface area (Å²) in [6.45, 7) is 10.3. The second kappa shape index (κ2) is 11.6. The van der Waals surface area contributed by atoms with Crippen LogP contribution in [-0.4, -0.2) is 45.4 Å². The summed E-state index contributed by atoms with van der Waals surface area (Å²) in [5.41, 5.74) is 4.46. The van der Waals surface area contributed by atoms with Gasteiger partial charge in [0.15, 0.2) is 12.2 Å². The number of allylic oxidation sites excluding steroid dienone is 9. The normalized spacial score (nSPS) is 19.6. The molecule has 0 saturated heterocycles. The molecule has 2 atom stereocenters. The lowest BCUT2D eigenvalue weighted by atomic mass is 9.72. The van der Waals surface area contributed by atoms with Gasteiger partial charge in [0.25, 0.3) is 0 Å². The molecule has 0 aliphatic heterocycles. The molecule has 0 heterocycles. The smallest absolute Gasteiger partial charge is 0.346 e. The van der Waals surface area contributed by atoms with E-state index in [1.807, 2.05) is 13.0 Å². The van der Waals surface area contributed by atoms with E-state index in [0.717, 1.165) is 18.1 Å². The van der Waals surface area contributed by atoms with Gasteiger partial charge in [0, 0.05) is 6.08 Å². The first kappa shape index (κ1) is 26.3. The Kier molecular flexibility index (Phi) is 9.81. The monoisotopic (exact) mass is 432 g/mol. The van der Waals surface area contributed by atoms with E-state index in [1.165, 1.54) is 24.0 Å². The van der Waals surface area contributed by atoms with Crippen molar-refractivity contribution in [2.45, 2.75) is 66.1 Å². The standard InChI is InChI=1S/C24H32O7/c1-15(11-12-18-17(3)10-7-13-24(18,4)5)8-6-9-16(2)14-19(25)31-23(30)21(27)20(26)22(28)29/h6,8-9,11-12,14,20-21,26-27H,7,10,13H2,1-5H3,(H,28,29)/b9-6+,12-11+,15-8+,16-14+. The van der Waals surface area contributed by atoms with Crippen LogP contribution in [0.15, 0.2) is 58.7 Å². The summed E-state index contributed by atoms with van der Waals surface area (Å²) in [5, 5.41) is 27.0. The van der Waals surface area contributed by atoms with Gasteiger partial charge in [-0.15, -0.1) is 0 Å². The van der Waals surface area contributed by atoms with Crippen molar-refractivity contribution in [2.75, 3.05) is 0 Å². The van der Waals surface area contributed by atoms with Gasteiger partial charge in [-0.1, -0.05) is 55.4 Å². The van der Waals surface area contributed by atoms with Crippen LogP contribution in [-0.2, 0) is 19.1 Å². The molecule has 0 fully saturated rings. The van der Waals surface area contributed by atoms with E-state index in [4.69, 9.17) is 10.2 Å². The van der Waals surface area contributed by atoms with E-state index in [-0.39, 0.29) is 5.41 Å². The molecule has 0 saturated carbocycles. The third-order valence-electron chi connectivity index (χ3n) is 5.11. The number of hydrogen-bond acceptors (Lipinski definition) is 6. The second-order valence-corrected chi connectivity index (χ2v) is 8.39. The van der Waals surface area contributed by atoms with Gasteiger partial charge in [-0.05, 0) is 56.6 Å². The first-order chi connectivity index (χ1) is 14.3. The van der Waals surface area contributed by atoms with Crippen LogP contribution in [0, 0.1) is 5.41 Å². The van der Waals surface area contributed by atoms with Gasteiger partial charge < -0.3 is 20.1 Å². The molecule has 3 N–H and O–H groups in total. The van der Waals surface area contributed by atoms with E-state index in [1.54, 1.807) is 19.1 Å². The predicted octanol–water partition coefficient (Wildman–Crippen LogP) is 3.39. The topological polar surface area (TPSA) is 121 Å². The molecule has 7 nitrogen and oxygen atoms in total. The molecule has 2 unspecified atom stereocenters. The highest BCUT2D eigenvalue weighted by atomic mass is 16.6. The first-order valence-corrected chi connectivity index (χ1v) is 10.1. The summed E-state index contributed by atoms with van der Waals surface area (Å²) < 4.78 is 4.32. The molecule has 1 aliphatic rings. The number of rotatable bonds is 8. The average molecular weight is 433 g/mol. The number of carbonyl (C=O) groups excluding carboxylic acids is 2. The average Bonchev–Trinajstić information content (AvgIpc) is 2.65. The lowest BCUT2D eigenvalue weighted by molar-refractivity contribution is -0.173. The summed E-state index contributed by atoms with van der Waals surface area (Å²) in [6, 6.07) is 0. The van der Waals surface area contributed by atoms with Crippen LogP contribution in [0.3, 0.4) is 0 Å². The molecular weight excluding hydrogens is 400 g/mol. The molecule has 170 valence electrons. The summed E-state index contributed by atoms with van der Waals surface area (Å²) in [7, 11) is 0. The Morgan fingerprint density at radius 1 is 1.06 bits per heavy atom. The van der Waals surface area contributed by atoms with Crippen LogP contribution in [0.1, 0.15) is 53.9 Å². The maximum atomic E-state index is 11.7. The fourth-order valence-corrected chi connectivity index (χ4v) is 3.32. The van der Waals surface area contributed by atoms with Crippen LogP contribution in [0.4, 0.5) is 0 Å². The van der Waals surface area contributed by atoms with E-state index in [0.29, 0.717) is 5.57 Å². The highest BCUT2D eigenvalue weighted by Crippen LogP contribution is 2.40. The van der Waals surface area contributed by atoms with Gasteiger partial charge in [-0.3, -0.25) is 0 Å². The maximum absolute atomic E-state index is 11.7. The van der Waals surface area contributed by atoms with Crippen LogP contribution in [0.5, 0.6) is 0 Å². The van der Waals surface area contributed by atoms with Crippen LogP contribution in [0.25, 0.3) is 0 Å². The van der Waals surface area contributed by atoms with Gasteiger partial charge in [0.05, 0.1) is 0 Å². The van der Waals surface area contributed by atoms with Gasteiger partial charge in [-0.25, -0.2) is 14.4 Å². The largest absolute Gasteiger partial charge is 0.479 e. The fraction of sp³-hybridized carbons (Fsp3) is 0.458. The number of carbonyl (C=O) groups is 3. The molecule has 0 amide bonds. The highest BCUT2D eigenvalue weighted by molar-refractivity contribution is 5.95. The molecule has 7 heteroatoms. The van der Waals surface area contributed by atoms with Gasteiger partial charge in [0.1, 0.15) is 0 Å². The van der Waals surface area contributed by atoms with Crippen LogP contribution >= 0.6 is 0 Å². The summed E-state index contributed by atoms with van der Waals surface area (Å²) in [6.07, 6.45) is 9.29. The second-order valence-electron chi connectivity index (χ2n) is 8.39.